The normalized spacial score (nSPS) is 13.2. The van der Waals surface area contributed by atoms with E-state index in [9.17, 15) is 14.4 Å². The Balaban J connectivity index is 1.73. The number of hydrogen-bond donors (Lipinski definition) is 1. The predicted octanol–water partition coefficient (Wildman–Crippen LogP) is 4.56. The molecule has 0 bridgehead atoms. The molecule has 7 nitrogen and oxygen atoms in total. The average molecular weight is 442 g/mol. The fourth-order valence-electron chi connectivity index (χ4n) is 3.82. The van der Waals surface area contributed by atoms with E-state index in [1.165, 1.54) is 18.4 Å². The van der Waals surface area contributed by atoms with Crippen molar-refractivity contribution in [3.05, 3.63) is 56.3 Å². The molecule has 1 aliphatic rings. The quantitative estimate of drug-likeness (QED) is 0.461. The molecule has 3 aromatic rings. The molecule has 0 atom stereocenters. The van der Waals surface area contributed by atoms with E-state index in [1.54, 1.807) is 18.2 Å². The number of carbonyl (C=O) groups excluding carboxylic acids is 2. The number of ether oxygens (including phenoxy) is 2. The van der Waals surface area contributed by atoms with Gasteiger partial charge in [-0.1, -0.05) is 0 Å². The van der Waals surface area contributed by atoms with Gasteiger partial charge in [-0.3, -0.25) is 4.79 Å². The van der Waals surface area contributed by atoms with Crippen LogP contribution >= 0.6 is 11.3 Å². The standard InChI is InChI=1S/C23H23NO6S/c1-12(2)29-13-8-9-14-16(11-19(25)30-17(14)10-13)21(26)24-22-20(23(27)28-3)15-6-4-5-7-18(15)31-22/h8-12H,4-7H2,1-3H3,(H,24,26). The molecule has 0 aliphatic heterocycles. The van der Waals surface area contributed by atoms with Gasteiger partial charge in [0.1, 0.15) is 16.3 Å². The lowest BCUT2D eigenvalue weighted by Crippen LogP contribution is -2.17. The Labute approximate surface area is 183 Å². The Morgan fingerprint density at radius 1 is 1.16 bits per heavy atom. The molecule has 31 heavy (non-hydrogen) atoms. The van der Waals surface area contributed by atoms with Gasteiger partial charge < -0.3 is 19.2 Å². The summed E-state index contributed by atoms with van der Waals surface area (Å²) in [6.07, 6.45) is 3.65. The lowest BCUT2D eigenvalue weighted by Gasteiger charge is -2.12. The smallest absolute Gasteiger partial charge is 0.341 e. The summed E-state index contributed by atoms with van der Waals surface area (Å²) in [5.41, 5.74) is 1.15. The van der Waals surface area contributed by atoms with Crippen molar-refractivity contribution in [3.8, 4) is 5.75 Å². The summed E-state index contributed by atoms with van der Waals surface area (Å²) in [5, 5.41) is 3.76. The molecule has 1 amide bonds. The third-order valence-corrected chi connectivity index (χ3v) is 6.33. The molecule has 0 fully saturated rings. The van der Waals surface area contributed by atoms with Crippen molar-refractivity contribution in [1.82, 2.24) is 0 Å². The van der Waals surface area contributed by atoms with Gasteiger partial charge in [-0.25, -0.2) is 9.59 Å². The third-order valence-electron chi connectivity index (χ3n) is 5.12. The number of rotatable bonds is 5. The van der Waals surface area contributed by atoms with Gasteiger partial charge in [-0.2, -0.15) is 0 Å². The molecule has 8 heteroatoms. The van der Waals surface area contributed by atoms with Crippen molar-refractivity contribution in [3.63, 3.8) is 0 Å². The summed E-state index contributed by atoms with van der Waals surface area (Å²) >= 11 is 1.39. The maximum absolute atomic E-state index is 13.2. The van der Waals surface area contributed by atoms with Crippen LogP contribution in [-0.2, 0) is 17.6 Å². The molecule has 0 unspecified atom stereocenters. The topological polar surface area (TPSA) is 94.8 Å². The van der Waals surface area contributed by atoms with Crippen LogP contribution in [0.25, 0.3) is 11.0 Å². The van der Waals surface area contributed by atoms with Crippen molar-refractivity contribution in [2.24, 2.45) is 0 Å². The van der Waals surface area contributed by atoms with E-state index in [2.05, 4.69) is 5.32 Å². The van der Waals surface area contributed by atoms with Crippen LogP contribution in [0.4, 0.5) is 5.00 Å². The molecule has 1 N–H and O–H groups in total. The highest BCUT2D eigenvalue weighted by Crippen LogP contribution is 2.39. The van der Waals surface area contributed by atoms with E-state index in [0.29, 0.717) is 21.7 Å². The molecule has 162 valence electrons. The van der Waals surface area contributed by atoms with E-state index in [1.807, 2.05) is 13.8 Å². The first-order valence-electron chi connectivity index (χ1n) is 10.2. The van der Waals surface area contributed by atoms with Gasteiger partial charge in [0.25, 0.3) is 5.91 Å². The molecule has 0 saturated carbocycles. The Hall–Kier alpha value is -3.13. The number of methoxy groups -OCH3 is 1. The zero-order valence-electron chi connectivity index (χ0n) is 17.6. The highest BCUT2D eigenvalue weighted by molar-refractivity contribution is 7.17. The molecule has 0 spiro atoms. The third kappa shape index (κ3) is 4.20. The van der Waals surface area contributed by atoms with Crippen LogP contribution in [0.1, 0.15) is 57.8 Å². The monoisotopic (exact) mass is 441 g/mol. The van der Waals surface area contributed by atoms with E-state index >= 15 is 0 Å². The second kappa shape index (κ2) is 8.55. The van der Waals surface area contributed by atoms with Crippen molar-refractivity contribution < 1.29 is 23.5 Å². The summed E-state index contributed by atoms with van der Waals surface area (Å²) in [6, 6.07) is 6.16. The van der Waals surface area contributed by atoms with E-state index < -0.39 is 17.5 Å². The fraction of sp³-hybridized carbons (Fsp3) is 0.348. The van der Waals surface area contributed by atoms with Gasteiger partial charge in [0, 0.05) is 22.4 Å². The lowest BCUT2D eigenvalue weighted by molar-refractivity contribution is 0.0601. The molecular weight excluding hydrogens is 418 g/mol. The Kier molecular flexibility index (Phi) is 5.82. The number of amides is 1. The average Bonchev–Trinajstić information content (AvgIpc) is 3.09. The molecule has 4 rings (SSSR count). The Morgan fingerprint density at radius 3 is 2.68 bits per heavy atom. The van der Waals surface area contributed by atoms with Crippen molar-refractivity contribution >= 4 is 39.2 Å². The minimum absolute atomic E-state index is 0.0442. The first kappa shape index (κ1) is 21.1. The molecule has 0 radical (unpaired) electrons. The Bertz CT molecular complexity index is 1220. The second-order valence-corrected chi connectivity index (χ2v) is 8.77. The van der Waals surface area contributed by atoms with Crippen LogP contribution in [0.2, 0.25) is 0 Å². The summed E-state index contributed by atoms with van der Waals surface area (Å²) in [5.74, 6) is -0.413. The minimum atomic E-state index is -0.641. The molecule has 0 saturated heterocycles. The molecule has 1 aromatic carbocycles. The van der Waals surface area contributed by atoms with Gasteiger partial charge >= 0.3 is 11.6 Å². The number of hydrogen-bond acceptors (Lipinski definition) is 7. The predicted molar refractivity (Wildman–Crippen MR) is 119 cm³/mol. The van der Waals surface area contributed by atoms with Crippen molar-refractivity contribution in [2.75, 3.05) is 12.4 Å². The molecular formula is C23H23NO6S. The number of benzene rings is 1. The van der Waals surface area contributed by atoms with Crippen LogP contribution in [0.15, 0.2) is 33.5 Å². The first-order chi connectivity index (χ1) is 14.9. The number of thiophene rings is 1. The fourth-order valence-corrected chi connectivity index (χ4v) is 5.09. The van der Waals surface area contributed by atoms with Crippen LogP contribution in [0, 0.1) is 0 Å². The highest BCUT2D eigenvalue weighted by atomic mass is 32.1. The number of anilines is 1. The maximum Gasteiger partial charge on any atom is 0.341 e. The number of nitrogens with one attached hydrogen (secondary N) is 1. The van der Waals surface area contributed by atoms with Gasteiger partial charge in [-0.15, -0.1) is 11.3 Å². The molecule has 2 heterocycles. The summed E-state index contributed by atoms with van der Waals surface area (Å²) in [7, 11) is 1.33. The van der Waals surface area contributed by atoms with Gasteiger partial charge in [0.2, 0.25) is 0 Å². The van der Waals surface area contributed by atoms with Crippen LogP contribution < -0.4 is 15.7 Å². The van der Waals surface area contributed by atoms with Crippen LogP contribution in [0.5, 0.6) is 5.75 Å². The maximum atomic E-state index is 13.2. The minimum Gasteiger partial charge on any atom is -0.491 e. The highest BCUT2D eigenvalue weighted by Gasteiger charge is 2.27. The summed E-state index contributed by atoms with van der Waals surface area (Å²) < 4.78 is 15.9. The first-order valence-corrected chi connectivity index (χ1v) is 11.0. The summed E-state index contributed by atoms with van der Waals surface area (Å²) in [4.78, 5) is 38.8. The van der Waals surface area contributed by atoms with Crippen LogP contribution in [-0.4, -0.2) is 25.1 Å². The van der Waals surface area contributed by atoms with Crippen molar-refractivity contribution in [1.29, 1.82) is 0 Å². The van der Waals surface area contributed by atoms with E-state index in [0.717, 1.165) is 42.2 Å². The van der Waals surface area contributed by atoms with Crippen LogP contribution in [0.3, 0.4) is 0 Å². The number of aryl methyl sites for hydroxylation is 1. The number of carbonyl (C=O) groups is 2. The molecule has 2 aromatic heterocycles. The number of fused-ring (bicyclic) bond motifs is 2. The molecule has 1 aliphatic carbocycles. The van der Waals surface area contributed by atoms with Gasteiger partial charge in [0.15, 0.2) is 0 Å². The van der Waals surface area contributed by atoms with E-state index in [-0.39, 0.29) is 17.3 Å². The van der Waals surface area contributed by atoms with Crippen molar-refractivity contribution in [2.45, 2.75) is 45.6 Å². The zero-order valence-corrected chi connectivity index (χ0v) is 18.4. The zero-order chi connectivity index (χ0) is 22.1. The SMILES string of the molecule is COC(=O)c1c(NC(=O)c2cc(=O)oc3cc(OC(C)C)ccc23)sc2c1CCCC2. The van der Waals surface area contributed by atoms with E-state index in [4.69, 9.17) is 13.9 Å². The largest absolute Gasteiger partial charge is 0.491 e. The second-order valence-electron chi connectivity index (χ2n) is 7.66. The summed E-state index contributed by atoms with van der Waals surface area (Å²) in [6.45, 7) is 3.79. The Morgan fingerprint density at radius 2 is 1.94 bits per heavy atom. The van der Waals surface area contributed by atoms with Gasteiger partial charge in [0.05, 0.1) is 24.3 Å². The number of esters is 1. The van der Waals surface area contributed by atoms with Gasteiger partial charge in [-0.05, 0) is 57.2 Å². The lowest BCUT2D eigenvalue weighted by atomic mass is 9.95.